The van der Waals surface area contributed by atoms with Crippen LogP contribution >= 0.6 is 0 Å². The minimum absolute atomic E-state index is 0.0202. The van der Waals surface area contributed by atoms with E-state index in [1.807, 2.05) is 18.2 Å². The number of likely N-dealkylation sites (tertiary alicyclic amines) is 1. The summed E-state index contributed by atoms with van der Waals surface area (Å²) >= 11 is 0. The van der Waals surface area contributed by atoms with Crippen LogP contribution in [0.25, 0.3) is 0 Å². The van der Waals surface area contributed by atoms with E-state index >= 15 is 0 Å². The van der Waals surface area contributed by atoms with Crippen molar-refractivity contribution in [1.29, 1.82) is 0 Å². The summed E-state index contributed by atoms with van der Waals surface area (Å²) in [5.41, 5.74) is 0.571. The fourth-order valence-corrected chi connectivity index (χ4v) is 3.69. The zero-order valence-corrected chi connectivity index (χ0v) is 16.2. The molecular weight excluding hydrogens is 390 g/mol. The summed E-state index contributed by atoms with van der Waals surface area (Å²) < 4.78 is 28.9. The standard InChI is InChI=1S/C22H20F2N4O2/c23-18-9-4-10-19(24)17(18)13-28-14-20(25-26-28)22(30)27-11-5-8-16(12-27)21(29)15-6-2-1-3-7-15/h1-4,6-7,9-10,14,16H,5,8,11-13H2/t16-/m0/s1. The normalized spacial score (nSPS) is 16.5. The number of rotatable bonds is 5. The van der Waals surface area contributed by atoms with Crippen LogP contribution < -0.4 is 0 Å². The summed E-state index contributed by atoms with van der Waals surface area (Å²) in [6.07, 6.45) is 2.80. The van der Waals surface area contributed by atoms with Crippen LogP contribution in [0.15, 0.2) is 54.7 Å². The Labute approximate surface area is 172 Å². The highest BCUT2D eigenvalue weighted by atomic mass is 19.1. The third-order valence-electron chi connectivity index (χ3n) is 5.28. The molecular formula is C22H20F2N4O2. The maximum atomic E-state index is 13.8. The van der Waals surface area contributed by atoms with Gasteiger partial charge in [-0.3, -0.25) is 9.59 Å². The quantitative estimate of drug-likeness (QED) is 0.605. The lowest BCUT2D eigenvalue weighted by atomic mass is 9.90. The Bertz CT molecular complexity index is 1050. The summed E-state index contributed by atoms with van der Waals surface area (Å²) in [7, 11) is 0. The van der Waals surface area contributed by atoms with Crippen molar-refractivity contribution in [2.24, 2.45) is 5.92 Å². The first-order valence-corrected chi connectivity index (χ1v) is 9.74. The van der Waals surface area contributed by atoms with E-state index in [2.05, 4.69) is 10.3 Å². The van der Waals surface area contributed by atoms with E-state index in [1.54, 1.807) is 17.0 Å². The van der Waals surface area contributed by atoms with Crippen molar-refractivity contribution >= 4 is 11.7 Å². The topological polar surface area (TPSA) is 68.1 Å². The van der Waals surface area contributed by atoms with Crippen LogP contribution in [0.1, 0.15) is 39.3 Å². The number of hydrogen-bond donors (Lipinski definition) is 0. The molecule has 8 heteroatoms. The van der Waals surface area contributed by atoms with Gasteiger partial charge >= 0.3 is 0 Å². The molecule has 2 aromatic carbocycles. The van der Waals surface area contributed by atoms with Crippen molar-refractivity contribution in [3.05, 3.63) is 83.2 Å². The molecule has 6 nitrogen and oxygen atoms in total. The van der Waals surface area contributed by atoms with Crippen LogP contribution in [0.4, 0.5) is 8.78 Å². The minimum atomic E-state index is -0.684. The maximum absolute atomic E-state index is 13.8. The van der Waals surface area contributed by atoms with E-state index < -0.39 is 11.6 Å². The molecule has 30 heavy (non-hydrogen) atoms. The lowest BCUT2D eigenvalue weighted by Crippen LogP contribution is -2.42. The van der Waals surface area contributed by atoms with Crippen LogP contribution in [-0.2, 0) is 6.54 Å². The number of aromatic nitrogens is 3. The predicted molar refractivity (Wildman–Crippen MR) is 105 cm³/mol. The Balaban J connectivity index is 1.45. The molecule has 0 saturated carbocycles. The van der Waals surface area contributed by atoms with Crippen LogP contribution in [0.5, 0.6) is 0 Å². The number of ketones is 1. The second-order valence-corrected chi connectivity index (χ2v) is 7.32. The van der Waals surface area contributed by atoms with Gasteiger partial charge in [-0.25, -0.2) is 13.5 Å². The molecule has 1 saturated heterocycles. The van der Waals surface area contributed by atoms with Crippen molar-refractivity contribution in [1.82, 2.24) is 19.9 Å². The predicted octanol–water partition coefficient (Wildman–Crippen LogP) is 3.34. The molecule has 1 atom stereocenters. The molecule has 1 amide bonds. The van der Waals surface area contributed by atoms with E-state index in [1.165, 1.54) is 29.1 Å². The Kier molecular flexibility index (Phi) is 5.65. The zero-order valence-electron chi connectivity index (χ0n) is 16.2. The first-order chi connectivity index (χ1) is 14.5. The number of benzene rings is 2. The summed E-state index contributed by atoms with van der Waals surface area (Å²) in [5.74, 6) is -1.96. The van der Waals surface area contributed by atoms with Gasteiger partial charge < -0.3 is 4.90 Å². The van der Waals surface area contributed by atoms with E-state index in [0.717, 1.165) is 6.42 Å². The van der Waals surface area contributed by atoms with E-state index in [4.69, 9.17) is 0 Å². The fourth-order valence-electron chi connectivity index (χ4n) is 3.69. The lowest BCUT2D eigenvalue weighted by molar-refractivity contribution is 0.0632. The van der Waals surface area contributed by atoms with Gasteiger partial charge in [0.25, 0.3) is 5.91 Å². The average Bonchev–Trinajstić information content (AvgIpc) is 3.25. The molecule has 3 aromatic rings. The molecule has 0 spiro atoms. The van der Waals surface area contributed by atoms with Crippen molar-refractivity contribution in [2.45, 2.75) is 19.4 Å². The molecule has 1 fully saturated rings. The fraction of sp³-hybridized carbons (Fsp3) is 0.273. The molecule has 1 aliphatic heterocycles. The van der Waals surface area contributed by atoms with Crippen LogP contribution in [0.2, 0.25) is 0 Å². The second kappa shape index (κ2) is 8.52. The summed E-state index contributed by atoms with van der Waals surface area (Å²) in [4.78, 5) is 27.2. The first kappa shape index (κ1) is 19.9. The molecule has 0 radical (unpaired) electrons. The summed E-state index contributed by atoms with van der Waals surface area (Å²) in [6.45, 7) is 0.654. The van der Waals surface area contributed by atoms with Gasteiger partial charge in [0.1, 0.15) is 11.6 Å². The second-order valence-electron chi connectivity index (χ2n) is 7.32. The smallest absolute Gasteiger partial charge is 0.276 e. The van der Waals surface area contributed by atoms with Gasteiger partial charge in [0.15, 0.2) is 11.5 Å². The Morgan fingerprint density at radius 3 is 2.50 bits per heavy atom. The number of nitrogens with zero attached hydrogens (tertiary/aromatic N) is 4. The SMILES string of the molecule is O=C(c1ccccc1)[C@H]1CCCN(C(=O)c2cn(Cc3c(F)cccc3F)nn2)C1. The number of carbonyl (C=O) groups excluding carboxylic acids is 2. The first-order valence-electron chi connectivity index (χ1n) is 9.74. The maximum Gasteiger partial charge on any atom is 0.276 e. The van der Waals surface area contributed by atoms with Crippen molar-refractivity contribution < 1.29 is 18.4 Å². The molecule has 1 aromatic heterocycles. The molecule has 0 unspecified atom stereocenters. The highest BCUT2D eigenvalue weighted by Gasteiger charge is 2.30. The van der Waals surface area contributed by atoms with E-state index in [-0.39, 0.29) is 35.4 Å². The summed E-state index contributed by atoms with van der Waals surface area (Å²) in [5, 5.41) is 7.70. The number of halogens is 2. The number of piperidine rings is 1. The van der Waals surface area contributed by atoms with E-state index in [9.17, 15) is 18.4 Å². The third kappa shape index (κ3) is 4.12. The largest absolute Gasteiger partial charge is 0.336 e. The molecule has 0 aliphatic carbocycles. The monoisotopic (exact) mass is 410 g/mol. The molecule has 0 N–H and O–H groups in total. The van der Waals surface area contributed by atoms with Gasteiger partial charge in [0, 0.05) is 30.1 Å². The van der Waals surface area contributed by atoms with Crippen molar-refractivity contribution in [3.63, 3.8) is 0 Å². The van der Waals surface area contributed by atoms with Gasteiger partial charge in [0.05, 0.1) is 12.7 Å². The van der Waals surface area contributed by atoms with E-state index in [0.29, 0.717) is 25.1 Å². The molecule has 2 heterocycles. The van der Waals surface area contributed by atoms with Crippen LogP contribution in [0, 0.1) is 17.6 Å². The summed E-state index contributed by atoms with van der Waals surface area (Å²) in [6, 6.07) is 12.6. The van der Waals surface area contributed by atoms with Gasteiger partial charge in [-0.05, 0) is 25.0 Å². The highest BCUT2D eigenvalue weighted by Crippen LogP contribution is 2.22. The number of amides is 1. The Morgan fingerprint density at radius 1 is 1.03 bits per heavy atom. The number of hydrogen-bond acceptors (Lipinski definition) is 4. The molecule has 154 valence electrons. The highest BCUT2D eigenvalue weighted by molar-refractivity contribution is 5.99. The number of Topliss-reactive ketones (excluding diaryl/α,β-unsaturated/α-hetero) is 1. The minimum Gasteiger partial charge on any atom is -0.336 e. The van der Waals surface area contributed by atoms with Crippen molar-refractivity contribution in [2.75, 3.05) is 13.1 Å². The average molecular weight is 410 g/mol. The van der Waals surface area contributed by atoms with Gasteiger partial charge in [-0.1, -0.05) is 41.6 Å². The lowest BCUT2D eigenvalue weighted by Gasteiger charge is -2.31. The number of carbonyl (C=O) groups is 2. The zero-order chi connectivity index (χ0) is 21.1. The molecule has 0 bridgehead atoms. The molecule has 4 rings (SSSR count). The Hall–Kier alpha value is -3.42. The van der Waals surface area contributed by atoms with Crippen molar-refractivity contribution in [3.8, 4) is 0 Å². The van der Waals surface area contributed by atoms with Gasteiger partial charge in [0.2, 0.25) is 0 Å². The van der Waals surface area contributed by atoms with Gasteiger partial charge in [-0.15, -0.1) is 5.10 Å². The Morgan fingerprint density at radius 2 is 1.77 bits per heavy atom. The molecule has 1 aliphatic rings. The third-order valence-corrected chi connectivity index (χ3v) is 5.28. The van der Waals surface area contributed by atoms with Crippen LogP contribution in [-0.4, -0.2) is 44.7 Å². The van der Waals surface area contributed by atoms with Gasteiger partial charge in [-0.2, -0.15) is 0 Å². The van der Waals surface area contributed by atoms with Crippen LogP contribution in [0.3, 0.4) is 0 Å².